The van der Waals surface area contributed by atoms with Gasteiger partial charge in [0.25, 0.3) is 0 Å². The Balaban J connectivity index is 1.17. The Kier molecular flexibility index (Phi) is 8.26. The summed E-state index contributed by atoms with van der Waals surface area (Å²) < 4.78 is 60.2. The van der Waals surface area contributed by atoms with Crippen molar-refractivity contribution < 1.29 is 37.3 Å². The summed E-state index contributed by atoms with van der Waals surface area (Å²) in [6, 6.07) is 9.82. The largest absolute Gasteiger partial charge is 0.475 e. The van der Waals surface area contributed by atoms with Crippen LogP contribution in [0, 0.1) is 5.82 Å². The molecule has 0 N–H and O–H groups in total. The van der Waals surface area contributed by atoms with Crippen LogP contribution in [0.25, 0.3) is 32.9 Å². The molecule has 2 bridgehead atoms. The fraction of sp³-hybridized carbons (Fsp3) is 0.538. The number of amides is 1. The lowest BCUT2D eigenvalue weighted by Gasteiger charge is -2.46. The molecule has 5 aliphatic rings. The number of ether oxygens (including phenoxy) is 5. The Morgan fingerprint density at radius 3 is 2.75 bits per heavy atom. The first kappa shape index (κ1) is 34.2. The molecule has 12 nitrogen and oxygen atoms in total. The van der Waals surface area contributed by atoms with Crippen molar-refractivity contribution in [3.63, 3.8) is 0 Å². The van der Waals surface area contributed by atoms with Crippen LogP contribution in [0.1, 0.15) is 52.9 Å². The van der Waals surface area contributed by atoms with E-state index in [0.29, 0.717) is 69.9 Å². The minimum Gasteiger partial charge on any atom is -0.475 e. The average Bonchev–Trinajstić information content (AvgIpc) is 3.72. The van der Waals surface area contributed by atoms with Gasteiger partial charge in [0.05, 0.1) is 34.9 Å². The molecular weight excluding hydrogens is 686 g/mol. The van der Waals surface area contributed by atoms with E-state index in [4.69, 9.17) is 38.6 Å². The number of nitrogens with zero attached hydrogens (tertiary/aromatic N) is 6. The van der Waals surface area contributed by atoms with E-state index in [2.05, 4.69) is 9.80 Å². The minimum absolute atomic E-state index is 0.0127. The second kappa shape index (κ2) is 12.8. The highest BCUT2D eigenvalue weighted by Crippen LogP contribution is 2.46. The zero-order valence-corrected chi connectivity index (χ0v) is 30.4. The number of rotatable bonds is 7. The van der Waals surface area contributed by atoms with Gasteiger partial charge in [0.15, 0.2) is 6.79 Å². The van der Waals surface area contributed by atoms with E-state index in [0.717, 1.165) is 32.2 Å². The third-order valence-corrected chi connectivity index (χ3v) is 11.4. The average molecular weight is 731 g/mol. The highest BCUT2D eigenvalue weighted by atomic mass is 19.1. The number of pyridine rings is 1. The van der Waals surface area contributed by atoms with Crippen molar-refractivity contribution in [2.45, 2.75) is 88.3 Å². The maximum absolute atomic E-state index is 15.6. The van der Waals surface area contributed by atoms with Gasteiger partial charge in [0, 0.05) is 37.6 Å². The molecule has 0 saturated carbocycles. The number of benzene rings is 2. The molecule has 280 valence electrons. The van der Waals surface area contributed by atoms with E-state index in [1.165, 1.54) is 13.2 Å². The highest BCUT2D eigenvalue weighted by molar-refractivity contribution is 6.01. The highest BCUT2D eigenvalue weighted by Gasteiger charge is 2.52. The third kappa shape index (κ3) is 5.94. The molecule has 5 aliphatic heterocycles. The van der Waals surface area contributed by atoms with Gasteiger partial charge < -0.3 is 28.6 Å². The van der Waals surface area contributed by atoms with Gasteiger partial charge in [-0.15, -0.1) is 0 Å². The Morgan fingerprint density at radius 2 is 1.92 bits per heavy atom. The van der Waals surface area contributed by atoms with Crippen LogP contribution in [-0.4, -0.2) is 113 Å². The summed E-state index contributed by atoms with van der Waals surface area (Å²) in [6.07, 6.45) is 2.61. The standard InChI is InChI=1S/C39H44F2N6O6/c1-38(2,3)53-37(48)47-24-9-10-30(47)31-19-50-35-33-29(15-28(42-35)26-14-25(52-21-49-4)13-22-7-5-8-27(41)32(22)26)43-36(44-34(33)46(31)18-24)51-20-39-11-6-12-45(39)17-23(40)16-39/h5,7-8,13-15,23-24,30-31H,6,9-12,16-21H2,1-4H3/t23-,24+,30-,31-,39-/m0/s1. The molecule has 0 unspecified atom stereocenters. The van der Waals surface area contributed by atoms with Gasteiger partial charge >= 0.3 is 12.1 Å². The van der Waals surface area contributed by atoms with Gasteiger partial charge in [-0.05, 0) is 82.7 Å². The van der Waals surface area contributed by atoms with Crippen LogP contribution < -0.4 is 19.1 Å². The zero-order chi connectivity index (χ0) is 36.6. The predicted molar refractivity (Wildman–Crippen MR) is 193 cm³/mol. The molecule has 14 heteroatoms. The van der Waals surface area contributed by atoms with Crippen LogP contribution in [0.3, 0.4) is 0 Å². The molecule has 1 amide bonds. The number of carbonyl (C=O) groups is 1. The molecule has 53 heavy (non-hydrogen) atoms. The van der Waals surface area contributed by atoms with Gasteiger partial charge in [-0.1, -0.05) is 12.1 Å². The van der Waals surface area contributed by atoms with E-state index >= 15 is 4.39 Å². The fourth-order valence-corrected chi connectivity index (χ4v) is 9.26. The van der Waals surface area contributed by atoms with Crippen LogP contribution in [0.2, 0.25) is 0 Å². The number of halogens is 2. The summed E-state index contributed by atoms with van der Waals surface area (Å²) in [4.78, 5) is 34.8. The smallest absolute Gasteiger partial charge is 0.410 e. The number of hydrogen-bond donors (Lipinski definition) is 0. The first-order valence-corrected chi connectivity index (χ1v) is 18.5. The summed E-state index contributed by atoms with van der Waals surface area (Å²) in [5.74, 6) is 0.985. The Bertz CT molecular complexity index is 2100. The second-order valence-corrected chi connectivity index (χ2v) is 16.0. The molecule has 4 aromatic rings. The lowest BCUT2D eigenvalue weighted by Crippen LogP contribution is -2.63. The normalized spacial score (nSPS) is 26.4. The molecule has 0 aliphatic carbocycles. The number of aromatic nitrogens is 3. The molecule has 7 heterocycles. The monoisotopic (exact) mass is 730 g/mol. The molecule has 0 radical (unpaired) electrons. The van der Waals surface area contributed by atoms with E-state index in [1.807, 2.05) is 31.7 Å². The summed E-state index contributed by atoms with van der Waals surface area (Å²) >= 11 is 0. The Labute approximate surface area is 306 Å². The van der Waals surface area contributed by atoms with Gasteiger partial charge in [0.2, 0.25) is 5.88 Å². The number of carbonyl (C=O) groups excluding carboxylic acids is 1. The van der Waals surface area contributed by atoms with Crippen LogP contribution in [-0.2, 0) is 9.47 Å². The van der Waals surface area contributed by atoms with Gasteiger partial charge in [-0.2, -0.15) is 9.97 Å². The lowest BCUT2D eigenvalue weighted by molar-refractivity contribution is 0.00537. The van der Waals surface area contributed by atoms with Gasteiger partial charge in [0.1, 0.15) is 47.8 Å². The number of hydrogen-bond acceptors (Lipinski definition) is 11. The number of fused-ring (bicyclic) bond motifs is 7. The summed E-state index contributed by atoms with van der Waals surface area (Å²) in [5.41, 5.74) is 0.392. The lowest BCUT2D eigenvalue weighted by atomic mass is 9.95. The Hall–Kier alpha value is -4.56. The van der Waals surface area contributed by atoms with E-state index in [9.17, 15) is 9.18 Å². The fourth-order valence-electron chi connectivity index (χ4n) is 9.26. The second-order valence-electron chi connectivity index (χ2n) is 16.0. The number of methoxy groups -OCH3 is 1. The maximum atomic E-state index is 15.6. The van der Waals surface area contributed by atoms with Crippen molar-refractivity contribution in [2.75, 3.05) is 51.7 Å². The van der Waals surface area contributed by atoms with Crippen molar-refractivity contribution in [3.05, 3.63) is 42.2 Å². The van der Waals surface area contributed by atoms with Crippen molar-refractivity contribution in [3.8, 4) is 28.9 Å². The molecule has 4 saturated heterocycles. The van der Waals surface area contributed by atoms with Crippen LogP contribution in [0.5, 0.6) is 17.6 Å². The van der Waals surface area contributed by atoms with Gasteiger partial charge in [-0.3, -0.25) is 9.80 Å². The summed E-state index contributed by atoms with van der Waals surface area (Å²) in [5, 5.41) is 1.62. The molecule has 5 atom stereocenters. The van der Waals surface area contributed by atoms with E-state index in [-0.39, 0.29) is 50.2 Å². The van der Waals surface area contributed by atoms with Crippen molar-refractivity contribution in [1.29, 1.82) is 0 Å². The van der Waals surface area contributed by atoms with Gasteiger partial charge in [-0.25, -0.2) is 18.6 Å². The summed E-state index contributed by atoms with van der Waals surface area (Å²) in [7, 11) is 1.53. The van der Waals surface area contributed by atoms with Crippen LogP contribution >= 0.6 is 0 Å². The van der Waals surface area contributed by atoms with E-state index < -0.39 is 23.1 Å². The van der Waals surface area contributed by atoms with Crippen LogP contribution in [0.4, 0.5) is 19.4 Å². The quantitative estimate of drug-likeness (QED) is 0.201. The van der Waals surface area contributed by atoms with Crippen molar-refractivity contribution >= 4 is 33.6 Å². The maximum Gasteiger partial charge on any atom is 0.410 e. The third-order valence-electron chi connectivity index (χ3n) is 11.4. The predicted octanol–water partition coefficient (Wildman–Crippen LogP) is 6.27. The summed E-state index contributed by atoms with van der Waals surface area (Å²) in [6.45, 7) is 7.86. The zero-order valence-electron chi connectivity index (χ0n) is 30.4. The molecule has 2 aromatic heterocycles. The minimum atomic E-state index is -0.897. The van der Waals surface area contributed by atoms with Crippen molar-refractivity contribution in [1.82, 2.24) is 24.8 Å². The number of anilines is 1. The Morgan fingerprint density at radius 1 is 1.06 bits per heavy atom. The molecular formula is C39H44F2N6O6. The number of alkyl halides is 1. The first-order valence-electron chi connectivity index (χ1n) is 18.5. The molecule has 4 fully saturated rings. The molecule has 2 aromatic carbocycles. The number of piperazine rings is 1. The van der Waals surface area contributed by atoms with Crippen LogP contribution in [0.15, 0.2) is 36.4 Å². The molecule has 9 rings (SSSR count). The topological polar surface area (TPSA) is 112 Å². The molecule has 0 spiro atoms. The SMILES string of the molecule is COCOc1cc(-c2cc3nc(OC[C@@]45CCCN4C[C@@H](F)C5)nc4c3c(n2)OC[C@H]2[C@@H]3CC[C@H](CN42)N3C(=O)OC(C)(C)C)c2c(F)cccc2c1. The first-order chi connectivity index (χ1) is 25.5. The van der Waals surface area contributed by atoms with E-state index in [1.54, 1.807) is 24.3 Å². The van der Waals surface area contributed by atoms with Crippen molar-refractivity contribution in [2.24, 2.45) is 0 Å².